The zero-order valence-electron chi connectivity index (χ0n) is 7.41. The Morgan fingerprint density at radius 2 is 2.33 bits per heavy atom. The van der Waals surface area contributed by atoms with Crippen LogP contribution < -0.4 is 0 Å². The average molecular weight is 167 g/mol. The van der Waals surface area contributed by atoms with Crippen molar-refractivity contribution in [2.75, 3.05) is 6.61 Å². The van der Waals surface area contributed by atoms with Crippen LogP contribution in [0.25, 0.3) is 0 Å². The molecule has 12 heavy (non-hydrogen) atoms. The third-order valence-electron chi connectivity index (χ3n) is 3.41. The van der Waals surface area contributed by atoms with Crippen molar-refractivity contribution >= 4 is 5.91 Å². The van der Waals surface area contributed by atoms with Gasteiger partial charge in [0.1, 0.15) is 5.72 Å². The molecule has 0 aromatic heterocycles. The Balaban J connectivity index is 1.99. The van der Waals surface area contributed by atoms with Gasteiger partial charge >= 0.3 is 0 Å². The van der Waals surface area contributed by atoms with E-state index in [1.807, 2.05) is 18.7 Å². The summed E-state index contributed by atoms with van der Waals surface area (Å²) in [7, 11) is 0. The molecule has 3 unspecified atom stereocenters. The first-order chi connectivity index (χ1) is 5.61. The highest BCUT2D eigenvalue weighted by Gasteiger charge is 2.64. The lowest BCUT2D eigenvalue weighted by Gasteiger charge is -2.30. The van der Waals surface area contributed by atoms with Crippen LogP contribution in [0.2, 0.25) is 0 Å². The Kier molecular flexibility index (Phi) is 0.971. The molecule has 3 heteroatoms. The van der Waals surface area contributed by atoms with Crippen LogP contribution in [0.5, 0.6) is 0 Å². The predicted molar refractivity (Wildman–Crippen MR) is 42.3 cm³/mol. The fourth-order valence-electron chi connectivity index (χ4n) is 2.68. The molecule has 0 bridgehead atoms. The molecule has 66 valence electrons. The Morgan fingerprint density at radius 1 is 1.58 bits per heavy atom. The molecule has 3 nitrogen and oxygen atoms in total. The Bertz CT molecular complexity index is 261. The van der Waals surface area contributed by atoms with E-state index in [-0.39, 0.29) is 5.72 Å². The molecule has 1 amide bonds. The van der Waals surface area contributed by atoms with E-state index in [1.165, 1.54) is 0 Å². The van der Waals surface area contributed by atoms with Crippen molar-refractivity contribution in [2.45, 2.75) is 32.0 Å². The van der Waals surface area contributed by atoms with Gasteiger partial charge in [-0.3, -0.25) is 4.79 Å². The summed E-state index contributed by atoms with van der Waals surface area (Å²) in [5.41, 5.74) is -0.338. The highest BCUT2D eigenvalue weighted by atomic mass is 16.5. The SMILES string of the molecule is CC1(C)OCC2C3CC3C(=O)N21. The standard InChI is InChI=1S/C9H13NO2/c1-9(2)10-7(4-12-9)5-3-6(5)8(10)11/h5-7H,3-4H2,1-2H3. The molecule has 3 atom stereocenters. The first-order valence-electron chi connectivity index (χ1n) is 4.58. The second-order valence-electron chi connectivity index (χ2n) is 4.54. The lowest BCUT2D eigenvalue weighted by Crippen LogP contribution is -2.45. The van der Waals surface area contributed by atoms with E-state index in [2.05, 4.69) is 0 Å². The number of amides is 1. The fourth-order valence-corrected chi connectivity index (χ4v) is 2.68. The van der Waals surface area contributed by atoms with Gasteiger partial charge in [0.15, 0.2) is 0 Å². The minimum Gasteiger partial charge on any atom is -0.354 e. The number of hydrogen-bond acceptors (Lipinski definition) is 2. The molecular formula is C9H13NO2. The second kappa shape index (κ2) is 1.69. The zero-order chi connectivity index (χ0) is 8.51. The molecule has 1 aliphatic carbocycles. The van der Waals surface area contributed by atoms with Crippen LogP contribution in [-0.4, -0.2) is 29.2 Å². The molecule has 0 aromatic carbocycles. The Hall–Kier alpha value is -0.570. The molecule has 2 saturated heterocycles. The summed E-state index contributed by atoms with van der Waals surface area (Å²) in [6, 6.07) is 0.400. The predicted octanol–water partition coefficient (Wildman–Crippen LogP) is 0.600. The lowest BCUT2D eigenvalue weighted by molar-refractivity contribution is -0.144. The van der Waals surface area contributed by atoms with Gasteiger partial charge < -0.3 is 9.64 Å². The Labute approximate surface area is 71.7 Å². The highest BCUT2D eigenvalue weighted by molar-refractivity contribution is 5.86. The largest absolute Gasteiger partial charge is 0.354 e. The second-order valence-corrected chi connectivity index (χ2v) is 4.54. The number of nitrogens with zero attached hydrogens (tertiary/aromatic N) is 1. The number of hydrogen-bond donors (Lipinski definition) is 0. The Morgan fingerprint density at radius 3 is 3.00 bits per heavy atom. The first-order valence-corrected chi connectivity index (χ1v) is 4.58. The van der Waals surface area contributed by atoms with Crippen LogP contribution in [0.3, 0.4) is 0 Å². The molecule has 3 rings (SSSR count). The van der Waals surface area contributed by atoms with Crippen molar-refractivity contribution in [2.24, 2.45) is 11.8 Å². The van der Waals surface area contributed by atoms with Gasteiger partial charge in [0.2, 0.25) is 5.91 Å². The average Bonchev–Trinajstić information content (AvgIpc) is 2.64. The van der Waals surface area contributed by atoms with Gasteiger partial charge in [-0.1, -0.05) is 0 Å². The minimum atomic E-state index is -0.338. The summed E-state index contributed by atoms with van der Waals surface area (Å²) in [5, 5.41) is 0. The van der Waals surface area contributed by atoms with Crippen molar-refractivity contribution in [3.8, 4) is 0 Å². The number of piperidine rings is 1. The number of carbonyl (C=O) groups excluding carboxylic acids is 1. The zero-order valence-corrected chi connectivity index (χ0v) is 7.41. The molecule has 3 aliphatic rings. The summed E-state index contributed by atoms with van der Waals surface area (Å²) in [4.78, 5) is 13.6. The molecule has 0 N–H and O–H groups in total. The summed E-state index contributed by atoms with van der Waals surface area (Å²) in [5.74, 6) is 1.31. The molecule has 0 aromatic rings. The van der Waals surface area contributed by atoms with Gasteiger partial charge in [0, 0.05) is 5.92 Å². The molecule has 2 heterocycles. The van der Waals surface area contributed by atoms with Crippen LogP contribution in [-0.2, 0) is 9.53 Å². The van der Waals surface area contributed by atoms with E-state index in [1.54, 1.807) is 0 Å². The summed E-state index contributed by atoms with van der Waals surface area (Å²) in [6.45, 7) is 4.71. The van der Waals surface area contributed by atoms with Crippen molar-refractivity contribution in [1.82, 2.24) is 4.90 Å². The van der Waals surface area contributed by atoms with Crippen LogP contribution in [0, 0.1) is 11.8 Å². The number of carbonyl (C=O) groups is 1. The maximum Gasteiger partial charge on any atom is 0.228 e. The smallest absolute Gasteiger partial charge is 0.228 e. The third kappa shape index (κ3) is 0.600. The highest BCUT2D eigenvalue weighted by Crippen LogP contribution is 2.55. The summed E-state index contributed by atoms with van der Waals surface area (Å²) < 4.78 is 5.58. The van der Waals surface area contributed by atoms with Gasteiger partial charge in [-0.25, -0.2) is 0 Å². The molecule has 0 radical (unpaired) electrons. The van der Waals surface area contributed by atoms with Crippen LogP contribution in [0.1, 0.15) is 20.3 Å². The number of fused-ring (bicyclic) bond motifs is 3. The van der Waals surface area contributed by atoms with E-state index in [0.29, 0.717) is 23.8 Å². The van der Waals surface area contributed by atoms with E-state index < -0.39 is 0 Å². The molecule has 3 fully saturated rings. The molecule has 1 saturated carbocycles. The van der Waals surface area contributed by atoms with Crippen LogP contribution >= 0.6 is 0 Å². The fraction of sp³-hybridized carbons (Fsp3) is 0.889. The molecule has 2 aliphatic heterocycles. The van der Waals surface area contributed by atoms with Crippen molar-refractivity contribution < 1.29 is 9.53 Å². The van der Waals surface area contributed by atoms with Gasteiger partial charge in [-0.2, -0.15) is 0 Å². The maximum atomic E-state index is 11.7. The minimum absolute atomic E-state index is 0.326. The molecular weight excluding hydrogens is 154 g/mol. The van der Waals surface area contributed by atoms with Crippen LogP contribution in [0.4, 0.5) is 0 Å². The number of ether oxygens (including phenoxy) is 1. The monoisotopic (exact) mass is 167 g/mol. The molecule has 0 spiro atoms. The van der Waals surface area contributed by atoms with E-state index in [0.717, 1.165) is 13.0 Å². The lowest BCUT2D eigenvalue weighted by atomic mass is 10.2. The topological polar surface area (TPSA) is 29.5 Å². The first kappa shape index (κ1) is 6.89. The van der Waals surface area contributed by atoms with Gasteiger partial charge in [0.05, 0.1) is 12.6 Å². The summed E-state index contributed by atoms with van der Waals surface area (Å²) in [6.07, 6.45) is 1.11. The number of rotatable bonds is 0. The van der Waals surface area contributed by atoms with Crippen molar-refractivity contribution in [1.29, 1.82) is 0 Å². The van der Waals surface area contributed by atoms with Gasteiger partial charge in [0.25, 0.3) is 0 Å². The normalized spacial score (nSPS) is 47.7. The van der Waals surface area contributed by atoms with Crippen molar-refractivity contribution in [3.63, 3.8) is 0 Å². The van der Waals surface area contributed by atoms with E-state index in [9.17, 15) is 4.79 Å². The van der Waals surface area contributed by atoms with E-state index in [4.69, 9.17) is 4.74 Å². The third-order valence-corrected chi connectivity index (χ3v) is 3.41. The van der Waals surface area contributed by atoms with Crippen molar-refractivity contribution in [3.05, 3.63) is 0 Å². The summed E-state index contributed by atoms with van der Waals surface area (Å²) >= 11 is 0. The van der Waals surface area contributed by atoms with Gasteiger partial charge in [-0.05, 0) is 26.2 Å². The van der Waals surface area contributed by atoms with Gasteiger partial charge in [-0.15, -0.1) is 0 Å². The van der Waals surface area contributed by atoms with E-state index >= 15 is 0 Å². The maximum absolute atomic E-state index is 11.7. The van der Waals surface area contributed by atoms with Crippen LogP contribution in [0.15, 0.2) is 0 Å². The quantitative estimate of drug-likeness (QED) is 0.528.